The van der Waals surface area contributed by atoms with Crippen molar-refractivity contribution in [3.63, 3.8) is 0 Å². The molecule has 1 heterocycles. The molecular formula is C19H20N2O2. The average molecular weight is 308 g/mol. The van der Waals surface area contributed by atoms with Crippen LogP contribution in [0.15, 0.2) is 54.7 Å². The number of methoxy groups -OCH3 is 1. The Hall–Kier alpha value is -2.75. The standard InChI is InChI=1S/C19H20N2O2/c1-21-13-11-15-7-5-8-16(18(15)21)19(22)20-12-10-14-6-3-4-9-17(14)23-2/h3-9,11,13H,10,12H2,1-2H3,(H,20,22). The minimum atomic E-state index is -0.0488. The number of hydrogen-bond acceptors (Lipinski definition) is 2. The molecule has 0 saturated carbocycles. The number of nitrogens with zero attached hydrogens (tertiary/aromatic N) is 1. The number of ether oxygens (including phenoxy) is 1. The number of carbonyl (C=O) groups excluding carboxylic acids is 1. The largest absolute Gasteiger partial charge is 0.496 e. The van der Waals surface area contributed by atoms with E-state index >= 15 is 0 Å². The first-order valence-electron chi connectivity index (χ1n) is 7.65. The third-order valence-electron chi connectivity index (χ3n) is 4.01. The highest BCUT2D eigenvalue weighted by Crippen LogP contribution is 2.20. The van der Waals surface area contributed by atoms with E-state index < -0.39 is 0 Å². The van der Waals surface area contributed by atoms with Gasteiger partial charge in [0, 0.05) is 25.2 Å². The molecule has 2 aromatic carbocycles. The molecule has 0 aliphatic rings. The van der Waals surface area contributed by atoms with Gasteiger partial charge in [-0.1, -0.05) is 30.3 Å². The summed E-state index contributed by atoms with van der Waals surface area (Å²) in [5, 5.41) is 4.07. The monoisotopic (exact) mass is 308 g/mol. The van der Waals surface area contributed by atoms with E-state index in [0.29, 0.717) is 12.1 Å². The molecule has 0 bridgehead atoms. The summed E-state index contributed by atoms with van der Waals surface area (Å²) in [6.07, 6.45) is 2.70. The fourth-order valence-corrected chi connectivity index (χ4v) is 2.85. The van der Waals surface area contributed by atoms with E-state index in [4.69, 9.17) is 4.74 Å². The van der Waals surface area contributed by atoms with E-state index in [1.54, 1.807) is 7.11 Å². The van der Waals surface area contributed by atoms with Gasteiger partial charge in [0.15, 0.2) is 0 Å². The van der Waals surface area contributed by atoms with Crippen LogP contribution in [-0.4, -0.2) is 24.1 Å². The predicted octanol–water partition coefficient (Wildman–Crippen LogP) is 3.16. The van der Waals surface area contributed by atoms with Gasteiger partial charge in [-0.05, 0) is 30.2 Å². The third-order valence-corrected chi connectivity index (χ3v) is 4.01. The highest BCUT2D eigenvalue weighted by atomic mass is 16.5. The molecule has 1 N–H and O–H groups in total. The molecular weight excluding hydrogens is 288 g/mol. The Morgan fingerprint density at radius 2 is 1.96 bits per heavy atom. The number of carbonyl (C=O) groups is 1. The van der Waals surface area contributed by atoms with Gasteiger partial charge in [-0.2, -0.15) is 0 Å². The number of fused-ring (bicyclic) bond motifs is 1. The van der Waals surface area contributed by atoms with Crippen LogP contribution in [0.25, 0.3) is 10.9 Å². The summed E-state index contributed by atoms with van der Waals surface area (Å²) >= 11 is 0. The van der Waals surface area contributed by atoms with Crippen molar-refractivity contribution in [2.75, 3.05) is 13.7 Å². The lowest BCUT2D eigenvalue weighted by Gasteiger charge is -2.10. The molecule has 1 amide bonds. The first kappa shape index (κ1) is 15.2. The number of aromatic nitrogens is 1. The number of nitrogens with one attached hydrogen (secondary N) is 1. The van der Waals surface area contributed by atoms with Crippen molar-refractivity contribution in [1.29, 1.82) is 0 Å². The molecule has 0 aliphatic heterocycles. The molecule has 0 atom stereocenters. The van der Waals surface area contributed by atoms with Gasteiger partial charge in [0.25, 0.3) is 5.91 Å². The Balaban J connectivity index is 1.71. The minimum absolute atomic E-state index is 0.0488. The van der Waals surface area contributed by atoms with Crippen LogP contribution in [0.1, 0.15) is 15.9 Å². The lowest BCUT2D eigenvalue weighted by atomic mass is 10.1. The van der Waals surface area contributed by atoms with Crippen LogP contribution in [0.3, 0.4) is 0 Å². The first-order valence-corrected chi connectivity index (χ1v) is 7.65. The summed E-state index contributed by atoms with van der Waals surface area (Å²) < 4.78 is 7.31. The highest BCUT2D eigenvalue weighted by Gasteiger charge is 2.12. The summed E-state index contributed by atoms with van der Waals surface area (Å²) in [5.41, 5.74) is 2.75. The molecule has 1 aromatic heterocycles. The van der Waals surface area contributed by atoms with Gasteiger partial charge < -0.3 is 14.6 Å². The maximum atomic E-state index is 12.5. The smallest absolute Gasteiger partial charge is 0.253 e. The maximum absolute atomic E-state index is 12.5. The lowest BCUT2D eigenvalue weighted by molar-refractivity contribution is 0.0955. The summed E-state index contributed by atoms with van der Waals surface area (Å²) in [6, 6.07) is 15.7. The molecule has 118 valence electrons. The molecule has 0 saturated heterocycles. The Kier molecular flexibility index (Phi) is 4.33. The van der Waals surface area contributed by atoms with Crippen molar-refractivity contribution in [2.45, 2.75) is 6.42 Å². The van der Waals surface area contributed by atoms with E-state index in [2.05, 4.69) is 5.32 Å². The third kappa shape index (κ3) is 3.06. The van der Waals surface area contributed by atoms with Crippen molar-refractivity contribution in [3.05, 3.63) is 65.9 Å². The molecule has 0 radical (unpaired) electrons. The molecule has 4 heteroatoms. The second-order valence-corrected chi connectivity index (χ2v) is 5.49. The Morgan fingerprint density at radius 3 is 2.78 bits per heavy atom. The maximum Gasteiger partial charge on any atom is 0.253 e. The molecule has 0 aliphatic carbocycles. The fraction of sp³-hybridized carbons (Fsp3) is 0.211. The molecule has 4 nitrogen and oxygen atoms in total. The lowest BCUT2D eigenvalue weighted by Crippen LogP contribution is -2.26. The fourth-order valence-electron chi connectivity index (χ4n) is 2.85. The van der Waals surface area contributed by atoms with Crippen LogP contribution < -0.4 is 10.1 Å². The van der Waals surface area contributed by atoms with Crippen LogP contribution >= 0.6 is 0 Å². The van der Waals surface area contributed by atoms with Gasteiger partial charge in [-0.3, -0.25) is 4.79 Å². The number of aryl methyl sites for hydroxylation is 1. The Bertz CT molecular complexity index is 836. The van der Waals surface area contributed by atoms with E-state index in [1.165, 1.54) is 0 Å². The normalized spacial score (nSPS) is 10.7. The number of rotatable bonds is 5. The van der Waals surface area contributed by atoms with Gasteiger partial charge in [-0.25, -0.2) is 0 Å². The molecule has 23 heavy (non-hydrogen) atoms. The topological polar surface area (TPSA) is 43.3 Å². The van der Waals surface area contributed by atoms with Gasteiger partial charge in [0.05, 0.1) is 18.2 Å². The van der Waals surface area contributed by atoms with E-state index in [0.717, 1.165) is 28.6 Å². The number of benzene rings is 2. The predicted molar refractivity (Wildman–Crippen MR) is 92.0 cm³/mol. The zero-order chi connectivity index (χ0) is 16.2. The van der Waals surface area contributed by atoms with Crippen molar-refractivity contribution < 1.29 is 9.53 Å². The van der Waals surface area contributed by atoms with Crippen LogP contribution in [0.5, 0.6) is 5.75 Å². The highest BCUT2D eigenvalue weighted by molar-refractivity contribution is 6.05. The van der Waals surface area contributed by atoms with Crippen molar-refractivity contribution in [3.8, 4) is 5.75 Å². The Morgan fingerprint density at radius 1 is 1.13 bits per heavy atom. The number of amides is 1. The summed E-state index contributed by atoms with van der Waals surface area (Å²) in [5.74, 6) is 0.804. The van der Waals surface area contributed by atoms with E-state index in [1.807, 2.05) is 66.3 Å². The molecule has 3 aromatic rings. The van der Waals surface area contributed by atoms with E-state index in [-0.39, 0.29) is 5.91 Å². The number of para-hydroxylation sites is 2. The molecule has 0 fully saturated rings. The molecule has 0 spiro atoms. The molecule has 0 unspecified atom stereocenters. The van der Waals surface area contributed by atoms with Crippen molar-refractivity contribution in [1.82, 2.24) is 9.88 Å². The van der Waals surface area contributed by atoms with Crippen molar-refractivity contribution >= 4 is 16.8 Å². The van der Waals surface area contributed by atoms with Gasteiger partial charge in [0.1, 0.15) is 5.75 Å². The quantitative estimate of drug-likeness (QED) is 0.787. The Labute approximate surface area is 135 Å². The summed E-state index contributed by atoms with van der Waals surface area (Å²) in [4.78, 5) is 12.5. The SMILES string of the molecule is COc1ccccc1CCNC(=O)c1cccc2ccn(C)c12. The average Bonchev–Trinajstić information content (AvgIpc) is 2.96. The number of hydrogen-bond donors (Lipinski definition) is 1. The second-order valence-electron chi connectivity index (χ2n) is 5.49. The van der Waals surface area contributed by atoms with Crippen LogP contribution in [-0.2, 0) is 13.5 Å². The van der Waals surface area contributed by atoms with Crippen LogP contribution in [0.4, 0.5) is 0 Å². The second kappa shape index (κ2) is 6.57. The zero-order valence-corrected chi connectivity index (χ0v) is 13.4. The summed E-state index contributed by atoms with van der Waals surface area (Å²) in [7, 11) is 3.61. The molecule has 3 rings (SSSR count). The minimum Gasteiger partial charge on any atom is -0.496 e. The van der Waals surface area contributed by atoms with Crippen LogP contribution in [0, 0.1) is 0 Å². The first-order chi connectivity index (χ1) is 11.2. The van der Waals surface area contributed by atoms with Gasteiger partial charge >= 0.3 is 0 Å². The zero-order valence-electron chi connectivity index (χ0n) is 13.4. The summed E-state index contributed by atoms with van der Waals surface area (Å²) in [6.45, 7) is 0.569. The van der Waals surface area contributed by atoms with Crippen molar-refractivity contribution in [2.24, 2.45) is 7.05 Å². The van der Waals surface area contributed by atoms with E-state index in [9.17, 15) is 4.79 Å². The van der Waals surface area contributed by atoms with Crippen LogP contribution in [0.2, 0.25) is 0 Å². The van der Waals surface area contributed by atoms with Gasteiger partial charge in [-0.15, -0.1) is 0 Å². The van der Waals surface area contributed by atoms with Gasteiger partial charge in [0.2, 0.25) is 0 Å².